The van der Waals surface area contributed by atoms with Gasteiger partial charge in [0.25, 0.3) is 0 Å². The highest BCUT2D eigenvalue weighted by Crippen LogP contribution is 2.38. The Balaban J connectivity index is 1.91. The normalized spacial score (nSPS) is 21.7. The van der Waals surface area contributed by atoms with Crippen LogP contribution >= 0.6 is 0 Å². The zero-order chi connectivity index (χ0) is 17.1. The molecule has 2 unspecified atom stereocenters. The molecule has 1 aliphatic rings. The quantitative estimate of drug-likeness (QED) is 0.865. The first-order valence-electron chi connectivity index (χ1n) is 8.17. The molecule has 0 radical (unpaired) electrons. The summed E-state index contributed by atoms with van der Waals surface area (Å²) in [5.41, 5.74) is 1.68. The molecule has 1 saturated heterocycles. The van der Waals surface area contributed by atoms with Crippen LogP contribution in [0.2, 0.25) is 0 Å². The Kier molecular flexibility index (Phi) is 5.11. The maximum absolute atomic E-state index is 13.6. The first-order valence-corrected chi connectivity index (χ1v) is 8.17. The molecular formula is C19H22F2N2O. The van der Waals surface area contributed by atoms with Gasteiger partial charge in [-0.15, -0.1) is 0 Å². The minimum atomic E-state index is -0.284. The van der Waals surface area contributed by atoms with Crippen molar-refractivity contribution in [2.24, 2.45) is 11.8 Å². The van der Waals surface area contributed by atoms with E-state index < -0.39 is 0 Å². The second-order valence-corrected chi connectivity index (χ2v) is 6.30. The fourth-order valence-electron chi connectivity index (χ4n) is 3.66. The van der Waals surface area contributed by atoms with Crippen molar-refractivity contribution in [2.45, 2.75) is 25.3 Å². The van der Waals surface area contributed by atoms with Crippen LogP contribution in [-0.4, -0.2) is 18.7 Å². The van der Waals surface area contributed by atoms with Crippen molar-refractivity contribution in [1.82, 2.24) is 5.01 Å². The van der Waals surface area contributed by atoms with Gasteiger partial charge in [0.2, 0.25) is 0 Å². The van der Waals surface area contributed by atoms with Crippen LogP contribution in [0, 0.1) is 17.6 Å². The van der Waals surface area contributed by atoms with E-state index in [1.807, 2.05) is 6.07 Å². The highest BCUT2D eigenvalue weighted by molar-refractivity contribution is 5.35. The Hall–Kier alpha value is -1.98. The lowest BCUT2D eigenvalue weighted by molar-refractivity contribution is 0.0920. The van der Waals surface area contributed by atoms with Crippen LogP contribution in [0.1, 0.15) is 30.0 Å². The van der Waals surface area contributed by atoms with E-state index in [1.165, 1.54) is 24.3 Å². The topological polar surface area (TPSA) is 38.5 Å². The van der Waals surface area contributed by atoms with E-state index in [9.17, 15) is 8.78 Å². The summed E-state index contributed by atoms with van der Waals surface area (Å²) < 4.78 is 32.7. The standard InChI is InChI=1S/C19H22F2N2O/c1-24-18-8-7-17(21)12-15(18)10-13-5-3-9-23(22)19(13)14-4-2-6-16(20)11-14/h2,4,6-8,11-13,19H,3,5,9-10,22H2,1H3. The summed E-state index contributed by atoms with van der Waals surface area (Å²) in [5, 5.41) is 1.77. The molecule has 5 heteroatoms. The van der Waals surface area contributed by atoms with Crippen molar-refractivity contribution in [3.63, 3.8) is 0 Å². The SMILES string of the molecule is COc1ccc(F)cc1CC1CCCN(N)C1c1cccc(F)c1. The summed E-state index contributed by atoms with van der Waals surface area (Å²) in [5.74, 6) is 6.50. The first-order chi connectivity index (χ1) is 11.6. The van der Waals surface area contributed by atoms with Crippen molar-refractivity contribution in [1.29, 1.82) is 0 Å². The molecule has 1 heterocycles. The van der Waals surface area contributed by atoms with Gasteiger partial charge < -0.3 is 4.74 Å². The van der Waals surface area contributed by atoms with E-state index in [0.717, 1.165) is 30.5 Å². The molecule has 2 aromatic carbocycles. The third-order valence-electron chi connectivity index (χ3n) is 4.71. The molecule has 2 N–H and O–H groups in total. The van der Waals surface area contributed by atoms with Crippen molar-refractivity contribution in [3.8, 4) is 5.75 Å². The molecule has 3 nitrogen and oxygen atoms in total. The predicted molar refractivity (Wildman–Crippen MR) is 89.4 cm³/mol. The van der Waals surface area contributed by atoms with Gasteiger partial charge in [0.05, 0.1) is 13.2 Å². The molecule has 2 atom stereocenters. The molecular weight excluding hydrogens is 310 g/mol. The number of piperidine rings is 1. The van der Waals surface area contributed by atoms with Crippen LogP contribution in [0.15, 0.2) is 42.5 Å². The molecule has 0 aromatic heterocycles. The molecule has 2 aromatic rings. The van der Waals surface area contributed by atoms with Crippen molar-refractivity contribution >= 4 is 0 Å². The van der Waals surface area contributed by atoms with E-state index >= 15 is 0 Å². The number of hydrogen-bond donors (Lipinski definition) is 1. The number of methoxy groups -OCH3 is 1. The van der Waals surface area contributed by atoms with E-state index in [-0.39, 0.29) is 23.6 Å². The minimum absolute atomic E-state index is 0.0950. The van der Waals surface area contributed by atoms with Gasteiger partial charge in [-0.2, -0.15) is 0 Å². The number of rotatable bonds is 4. The number of ether oxygens (including phenoxy) is 1. The summed E-state index contributed by atoms with van der Waals surface area (Å²) >= 11 is 0. The molecule has 0 spiro atoms. The van der Waals surface area contributed by atoms with Gasteiger partial charge >= 0.3 is 0 Å². The zero-order valence-corrected chi connectivity index (χ0v) is 13.7. The predicted octanol–water partition coefficient (Wildman–Crippen LogP) is 3.84. The Labute approximate surface area is 141 Å². The van der Waals surface area contributed by atoms with Gasteiger partial charge in [0.1, 0.15) is 17.4 Å². The lowest BCUT2D eigenvalue weighted by Crippen LogP contribution is -2.44. The average molecular weight is 332 g/mol. The Bertz CT molecular complexity index is 708. The molecule has 0 bridgehead atoms. The summed E-state index contributed by atoms with van der Waals surface area (Å²) in [4.78, 5) is 0. The number of nitrogens with zero attached hydrogens (tertiary/aromatic N) is 1. The number of hydrazine groups is 1. The largest absolute Gasteiger partial charge is 0.496 e. The average Bonchev–Trinajstić information content (AvgIpc) is 2.55. The second kappa shape index (κ2) is 7.28. The van der Waals surface area contributed by atoms with Crippen LogP contribution in [0.3, 0.4) is 0 Å². The lowest BCUT2D eigenvalue weighted by atomic mass is 9.81. The van der Waals surface area contributed by atoms with E-state index in [1.54, 1.807) is 24.3 Å². The molecule has 0 amide bonds. The molecule has 1 aliphatic heterocycles. The molecule has 24 heavy (non-hydrogen) atoms. The number of nitrogens with two attached hydrogens (primary N) is 1. The van der Waals surface area contributed by atoms with Gasteiger partial charge in [-0.1, -0.05) is 12.1 Å². The van der Waals surface area contributed by atoms with E-state index in [4.69, 9.17) is 10.6 Å². The molecule has 0 saturated carbocycles. The summed E-state index contributed by atoms with van der Waals surface area (Å²) in [6.07, 6.45) is 2.55. The molecule has 0 aliphatic carbocycles. The highest BCUT2D eigenvalue weighted by atomic mass is 19.1. The van der Waals surface area contributed by atoms with E-state index in [0.29, 0.717) is 12.2 Å². The van der Waals surface area contributed by atoms with Crippen LogP contribution in [0.5, 0.6) is 5.75 Å². The summed E-state index contributed by atoms with van der Waals surface area (Å²) in [6.45, 7) is 0.762. The first kappa shape index (κ1) is 16.9. The summed E-state index contributed by atoms with van der Waals surface area (Å²) in [6, 6.07) is 11.0. The van der Waals surface area contributed by atoms with Crippen molar-refractivity contribution < 1.29 is 13.5 Å². The number of hydrogen-bond acceptors (Lipinski definition) is 3. The molecule has 3 rings (SSSR count). The lowest BCUT2D eigenvalue weighted by Gasteiger charge is -2.39. The van der Waals surface area contributed by atoms with Gasteiger partial charge in [-0.25, -0.2) is 13.8 Å². The van der Waals surface area contributed by atoms with Gasteiger partial charge in [-0.05, 0) is 66.6 Å². The molecule has 1 fully saturated rings. The third-order valence-corrected chi connectivity index (χ3v) is 4.71. The fourth-order valence-corrected chi connectivity index (χ4v) is 3.66. The Morgan fingerprint density at radius 2 is 1.96 bits per heavy atom. The van der Waals surface area contributed by atoms with Crippen LogP contribution in [-0.2, 0) is 6.42 Å². The maximum Gasteiger partial charge on any atom is 0.123 e. The van der Waals surface area contributed by atoms with Crippen molar-refractivity contribution in [3.05, 3.63) is 65.2 Å². The van der Waals surface area contributed by atoms with Crippen LogP contribution in [0.25, 0.3) is 0 Å². The Morgan fingerprint density at radius 1 is 1.17 bits per heavy atom. The van der Waals surface area contributed by atoms with Gasteiger partial charge in [0.15, 0.2) is 0 Å². The minimum Gasteiger partial charge on any atom is -0.496 e. The molecule has 128 valence electrons. The number of benzene rings is 2. The Morgan fingerprint density at radius 3 is 2.71 bits per heavy atom. The van der Waals surface area contributed by atoms with Crippen molar-refractivity contribution in [2.75, 3.05) is 13.7 Å². The monoisotopic (exact) mass is 332 g/mol. The van der Waals surface area contributed by atoms with Crippen LogP contribution < -0.4 is 10.6 Å². The third kappa shape index (κ3) is 3.57. The highest BCUT2D eigenvalue weighted by Gasteiger charge is 2.32. The van der Waals surface area contributed by atoms with Crippen LogP contribution in [0.4, 0.5) is 8.78 Å². The zero-order valence-electron chi connectivity index (χ0n) is 13.7. The summed E-state index contributed by atoms with van der Waals surface area (Å²) in [7, 11) is 1.58. The second-order valence-electron chi connectivity index (χ2n) is 6.30. The fraction of sp³-hybridized carbons (Fsp3) is 0.368. The van der Waals surface area contributed by atoms with E-state index in [2.05, 4.69) is 0 Å². The smallest absolute Gasteiger partial charge is 0.123 e. The van der Waals surface area contributed by atoms with Gasteiger partial charge in [-0.3, -0.25) is 5.84 Å². The number of halogens is 2. The van der Waals surface area contributed by atoms with Gasteiger partial charge in [0, 0.05) is 6.54 Å². The maximum atomic E-state index is 13.6.